The molecule has 2 rings (SSSR count). The van der Waals surface area contributed by atoms with Gasteiger partial charge >= 0.3 is 0 Å². The van der Waals surface area contributed by atoms with Gasteiger partial charge in [-0.25, -0.2) is 0 Å². The molecule has 0 saturated heterocycles. The second-order valence-corrected chi connectivity index (χ2v) is 4.56. The summed E-state index contributed by atoms with van der Waals surface area (Å²) in [5.74, 6) is 2.10. The van der Waals surface area contributed by atoms with Crippen LogP contribution in [0.4, 0.5) is 0 Å². The van der Waals surface area contributed by atoms with Crippen molar-refractivity contribution >= 4 is 15.9 Å². The summed E-state index contributed by atoms with van der Waals surface area (Å²) in [7, 11) is 1.56. The summed E-state index contributed by atoms with van der Waals surface area (Å²) in [5, 5.41) is 9.46. The van der Waals surface area contributed by atoms with Gasteiger partial charge in [-0.3, -0.25) is 0 Å². The molecule has 1 aromatic rings. The zero-order valence-corrected chi connectivity index (χ0v) is 10.1. The molecule has 0 atom stereocenters. The topological polar surface area (TPSA) is 38.7 Å². The number of ether oxygens (including phenoxy) is 2. The highest BCUT2D eigenvalue weighted by molar-refractivity contribution is 9.10. The van der Waals surface area contributed by atoms with Crippen LogP contribution in [0.15, 0.2) is 16.6 Å². The van der Waals surface area contributed by atoms with Crippen molar-refractivity contribution in [2.24, 2.45) is 5.92 Å². The van der Waals surface area contributed by atoms with Gasteiger partial charge in [0.2, 0.25) is 0 Å². The number of aromatic hydroxyl groups is 1. The molecular weight excluding hydrogens is 260 g/mol. The molecule has 0 radical (unpaired) electrons. The van der Waals surface area contributed by atoms with E-state index in [1.54, 1.807) is 19.2 Å². The lowest BCUT2D eigenvalue weighted by molar-refractivity contribution is 0.279. The number of methoxy groups -OCH3 is 1. The first-order chi connectivity index (χ1) is 7.20. The maximum atomic E-state index is 9.46. The molecule has 15 heavy (non-hydrogen) atoms. The molecule has 3 nitrogen and oxygen atoms in total. The van der Waals surface area contributed by atoms with Crippen LogP contribution in [0.1, 0.15) is 12.8 Å². The molecule has 1 N–H and O–H groups in total. The Morgan fingerprint density at radius 2 is 2.13 bits per heavy atom. The van der Waals surface area contributed by atoms with Gasteiger partial charge < -0.3 is 14.6 Å². The average Bonchev–Trinajstić information content (AvgIpc) is 3.03. The first-order valence-electron chi connectivity index (χ1n) is 4.90. The first-order valence-corrected chi connectivity index (χ1v) is 5.69. The average molecular weight is 273 g/mol. The third-order valence-corrected chi connectivity index (χ3v) is 3.04. The Labute approximate surface area is 97.1 Å². The predicted molar refractivity (Wildman–Crippen MR) is 60.6 cm³/mol. The lowest BCUT2D eigenvalue weighted by atomic mass is 10.3. The summed E-state index contributed by atoms with van der Waals surface area (Å²) in [6.45, 7) is 0.730. The van der Waals surface area contributed by atoms with Crippen molar-refractivity contribution in [2.45, 2.75) is 12.8 Å². The van der Waals surface area contributed by atoms with Gasteiger partial charge in [-0.05, 0) is 34.7 Å². The molecule has 1 aromatic carbocycles. The maximum Gasteiger partial charge on any atom is 0.164 e. The lowest BCUT2D eigenvalue weighted by Crippen LogP contribution is -2.00. The molecule has 0 unspecified atom stereocenters. The Bertz CT molecular complexity index is 361. The number of benzene rings is 1. The summed E-state index contributed by atoms with van der Waals surface area (Å²) in [6.07, 6.45) is 2.50. The van der Waals surface area contributed by atoms with Crippen LogP contribution in [0.3, 0.4) is 0 Å². The molecule has 0 aliphatic heterocycles. The number of phenolic OH excluding ortho intramolecular Hbond substituents is 1. The van der Waals surface area contributed by atoms with Crippen LogP contribution in [0, 0.1) is 5.92 Å². The highest BCUT2D eigenvalue weighted by Crippen LogP contribution is 2.38. The third-order valence-electron chi connectivity index (χ3n) is 2.40. The lowest BCUT2D eigenvalue weighted by Gasteiger charge is -2.11. The van der Waals surface area contributed by atoms with Crippen molar-refractivity contribution in [2.75, 3.05) is 13.7 Å². The van der Waals surface area contributed by atoms with Gasteiger partial charge in [0.15, 0.2) is 11.5 Å². The quantitative estimate of drug-likeness (QED) is 0.916. The van der Waals surface area contributed by atoms with Crippen molar-refractivity contribution in [1.29, 1.82) is 0 Å². The molecule has 1 saturated carbocycles. The van der Waals surface area contributed by atoms with Crippen LogP contribution < -0.4 is 9.47 Å². The second-order valence-electron chi connectivity index (χ2n) is 3.71. The molecular formula is C11H13BrO3. The van der Waals surface area contributed by atoms with Gasteiger partial charge in [-0.2, -0.15) is 0 Å². The third kappa shape index (κ3) is 2.56. The minimum atomic E-state index is 0.158. The normalized spacial score (nSPS) is 15.1. The van der Waals surface area contributed by atoms with E-state index in [0.29, 0.717) is 21.9 Å². The van der Waals surface area contributed by atoms with Crippen molar-refractivity contribution in [3.05, 3.63) is 16.6 Å². The summed E-state index contributed by atoms with van der Waals surface area (Å²) in [4.78, 5) is 0. The molecule has 4 heteroatoms. The molecule has 0 spiro atoms. The van der Waals surface area contributed by atoms with Crippen LogP contribution in [0.2, 0.25) is 0 Å². The minimum absolute atomic E-state index is 0.158. The summed E-state index contributed by atoms with van der Waals surface area (Å²) in [5.41, 5.74) is 0. The van der Waals surface area contributed by atoms with E-state index in [-0.39, 0.29) is 5.75 Å². The summed E-state index contributed by atoms with van der Waals surface area (Å²) >= 11 is 3.25. The number of hydrogen-bond acceptors (Lipinski definition) is 3. The predicted octanol–water partition coefficient (Wildman–Crippen LogP) is 2.95. The second kappa shape index (κ2) is 4.31. The zero-order valence-electron chi connectivity index (χ0n) is 8.50. The summed E-state index contributed by atoms with van der Waals surface area (Å²) < 4.78 is 11.4. The van der Waals surface area contributed by atoms with Crippen LogP contribution in [0.25, 0.3) is 0 Å². The highest BCUT2D eigenvalue weighted by atomic mass is 79.9. The number of hydrogen-bond donors (Lipinski definition) is 1. The minimum Gasteiger partial charge on any atom is -0.507 e. The van der Waals surface area contributed by atoms with Crippen LogP contribution >= 0.6 is 15.9 Å². The van der Waals surface area contributed by atoms with Crippen LogP contribution in [-0.2, 0) is 0 Å². The van der Waals surface area contributed by atoms with Crippen molar-refractivity contribution in [3.8, 4) is 17.2 Å². The van der Waals surface area contributed by atoms with Crippen LogP contribution in [0.5, 0.6) is 17.2 Å². The molecule has 0 bridgehead atoms. The fraction of sp³-hybridized carbons (Fsp3) is 0.455. The number of halogens is 1. The van der Waals surface area contributed by atoms with Gasteiger partial charge in [0.05, 0.1) is 18.2 Å². The number of rotatable bonds is 4. The van der Waals surface area contributed by atoms with Gasteiger partial charge in [0.25, 0.3) is 0 Å². The zero-order chi connectivity index (χ0) is 10.8. The monoisotopic (exact) mass is 272 g/mol. The Morgan fingerprint density at radius 3 is 2.73 bits per heavy atom. The van der Waals surface area contributed by atoms with Gasteiger partial charge in [0.1, 0.15) is 5.75 Å². The van der Waals surface area contributed by atoms with E-state index in [1.165, 1.54) is 12.8 Å². The van der Waals surface area contributed by atoms with E-state index in [2.05, 4.69) is 15.9 Å². The fourth-order valence-corrected chi connectivity index (χ4v) is 1.61. The molecule has 1 aliphatic rings. The van der Waals surface area contributed by atoms with E-state index < -0.39 is 0 Å². The molecule has 1 aliphatic carbocycles. The van der Waals surface area contributed by atoms with Crippen molar-refractivity contribution in [1.82, 2.24) is 0 Å². The van der Waals surface area contributed by atoms with E-state index in [4.69, 9.17) is 9.47 Å². The summed E-state index contributed by atoms with van der Waals surface area (Å²) in [6, 6.07) is 3.28. The Hall–Kier alpha value is -0.900. The van der Waals surface area contributed by atoms with E-state index >= 15 is 0 Å². The molecule has 1 fully saturated rings. The number of phenols is 1. The molecule has 0 aromatic heterocycles. The molecule has 82 valence electrons. The van der Waals surface area contributed by atoms with E-state index in [1.807, 2.05) is 0 Å². The highest BCUT2D eigenvalue weighted by Gasteiger charge is 2.22. The van der Waals surface area contributed by atoms with Crippen LogP contribution in [-0.4, -0.2) is 18.8 Å². The van der Waals surface area contributed by atoms with Gasteiger partial charge in [0, 0.05) is 12.1 Å². The maximum absolute atomic E-state index is 9.46. The van der Waals surface area contributed by atoms with E-state index in [9.17, 15) is 5.11 Å². The van der Waals surface area contributed by atoms with Gasteiger partial charge in [-0.1, -0.05) is 0 Å². The smallest absolute Gasteiger partial charge is 0.164 e. The Morgan fingerprint density at radius 1 is 1.40 bits per heavy atom. The fourth-order valence-electron chi connectivity index (χ4n) is 1.29. The van der Waals surface area contributed by atoms with Crippen molar-refractivity contribution < 1.29 is 14.6 Å². The molecule has 0 heterocycles. The van der Waals surface area contributed by atoms with Gasteiger partial charge in [-0.15, -0.1) is 0 Å². The standard InChI is InChI=1S/C11H13BrO3/c1-14-10-5-9(13)8(12)4-11(10)15-6-7-2-3-7/h4-5,7,13H,2-3,6H2,1H3. The largest absolute Gasteiger partial charge is 0.507 e. The first kappa shape index (κ1) is 10.6. The van der Waals surface area contributed by atoms with Crippen molar-refractivity contribution in [3.63, 3.8) is 0 Å². The Balaban J connectivity index is 2.15. The van der Waals surface area contributed by atoms with E-state index in [0.717, 1.165) is 6.61 Å². The Kier molecular flexibility index (Phi) is 3.05. The molecule has 0 amide bonds. The SMILES string of the molecule is COc1cc(O)c(Br)cc1OCC1CC1.